The fourth-order valence-corrected chi connectivity index (χ4v) is 13.7. The predicted molar refractivity (Wildman–Crippen MR) is 297 cm³/mol. The van der Waals surface area contributed by atoms with Crippen LogP contribution < -0.4 is 26.4 Å². The molecule has 1 aliphatic heterocycles. The SMILES string of the molecule is CC(C)(C)OC(=O)N(C(=O)OC(C)(C)C)C(N)=NCCC[C@H](NC(=O)C(CCCCCCCCN1C(=O)C2CCCCC2C1=O)C1CCCC1)C(=O)N[C@@H](CC1CCCCC1)C(=O)C(=O)NCCNS(=O)(=O)C1CCCCC1. The maximum absolute atomic E-state index is 14.7. The number of imide groups is 2. The zero-order valence-corrected chi connectivity index (χ0v) is 48.8. The first-order valence-electron chi connectivity index (χ1n) is 29.8. The molecule has 5 atom stereocenters. The van der Waals surface area contributed by atoms with E-state index in [1.807, 2.05) is 0 Å². The molecule has 21 heteroatoms. The second-order valence-electron chi connectivity index (χ2n) is 24.7. The molecule has 0 aromatic heterocycles. The lowest BCUT2D eigenvalue weighted by molar-refractivity contribution is -0.141. The summed E-state index contributed by atoms with van der Waals surface area (Å²) < 4.78 is 39.3. The van der Waals surface area contributed by atoms with Gasteiger partial charge in [0.15, 0.2) is 0 Å². The van der Waals surface area contributed by atoms with Crippen LogP contribution >= 0.6 is 0 Å². The first-order chi connectivity index (χ1) is 37.0. The number of carbonyl (C=O) groups excluding carboxylic acids is 8. The number of nitrogens with zero attached hydrogens (tertiary/aromatic N) is 3. The van der Waals surface area contributed by atoms with Crippen LogP contribution in [0.3, 0.4) is 0 Å². The molecular formula is C57H96N8O12S. The van der Waals surface area contributed by atoms with Gasteiger partial charge in [-0.2, -0.15) is 0 Å². The Labute approximate surface area is 464 Å². The molecule has 0 bridgehead atoms. The van der Waals surface area contributed by atoms with Crippen LogP contribution in [0.15, 0.2) is 4.99 Å². The summed E-state index contributed by atoms with van der Waals surface area (Å²) in [6.45, 7) is 9.93. The Morgan fingerprint density at radius 2 is 1.15 bits per heavy atom. The lowest BCUT2D eigenvalue weighted by Gasteiger charge is -2.29. The van der Waals surface area contributed by atoms with Crippen LogP contribution in [0.4, 0.5) is 9.59 Å². The lowest BCUT2D eigenvalue weighted by Crippen LogP contribution is -2.55. The number of Topliss-reactive ketones (excluding diaryl/α,β-unsaturated/α-hetero) is 1. The fourth-order valence-electron chi connectivity index (χ4n) is 12.1. The zero-order chi connectivity index (χ0) is 57.0. The van der Waals surface area contributed by atoms with E-state index in [-0.39, 0.29) is 86.2 Å². The summed E-state index contributed by atoms with van der Waals surface area (Å²) in [4.78, 5) is 116. The highest BCUT2D eigenvalue weighted by Gasteiger charge is 2.48. The van der Waals surface area contributed by atoms with Crippen LogP contribution in [0.2, 0.25) is 0 Å². The molecule has 7 amide bonds. The minimum atomic E-state index is -3.60. The van der Waals surface area contributed by atoms with Crippen molar-refractivity contribution in [2.24, 2.45) is 40.3 Å². The first kappa shape index (κ1) is 64.2. The molecule has 1 heterocycles. The Morgan fingerprint density at radius 1 is 0.641 bits per heavy atom. The molecule has 20 nitrogen and oxygen atoms in total. The summed E-state index contributed by atoms with van der Waals surface area (Å²) in [6.07, 6.45) is 19.7. The number of likely N-dealkylation sites (tertiary alicyclic amines) is 1. The van der Waals surface area contributed by atoms with E-state index in [2.05, 4.69) is 25.7 Å². The van der Waals surface area contributed by atoms with E-state index >= 15 is 0 Å². The van der Waals surface area contributed by atoms with Gasteiger partial charge in [0.2, 0.25) is 45.4 Å². The molecule has 3 unspecified atom stereocenters. The number of ketones is 1. The summed E-state index contributed by atoms with van der Waals surface area (Å²) in [7, 11) is -3.60. The number of ether oxygens (including phenoxy) is 2. The Morgan fingerprint density at radius 3 is 1.73 bits per heavy atom. The zero-order valence-electron chi connectivity index (χ0n) is 48.0. The molecule has 5 rings (SSSR count). The number of rotatable bonds is 27. The Hall–Kier alpha value is -4.66. The largest absolute Gasteiger partial charge is 0.443 e. The third-order valence-corrected chi connectivity index (χ3v) is 18.1. The average molecular weight is 1120 g/mol. The van der Waals surface area contributed by atoms with Crippen molar-refractivity contribution >= 4 is 63.5 Å². The summed E-state index contributed by atoms with van der Waals surface area (Å²) in [6, 6.07) is -2.40. The standard InChI is InChI=1S/C57H96N8O12S/c1-56(2,3)76-54(72)65(55(73)77-57(4,5)6)53(58)60-34-23-33-45(49(68)63-46(38-39-24-13-11-14-25-39)47(66)50(69)59-35-36-61-78(74,75)41-28-15-12-16-29-41)62-48(67)42(40-26-18-19-27-40)30-17-9-7-8-10-22-37-64-51(70)43-31-20-21-32-44(43)52(64)71/h39-46,61H,7-38H2,1-6H3,(H2,58,60)(H,59,69)(H,62,67)(H,63,68)/t42?,43?,44?,45-,46-/m0/s1. The second-order valence-corrected chi connectivity index (χ2v) is 26.8. The van der Waals surface area contributed by atoms with Crippen molar-refractivity contribution in [3.63, 3.8) is 0 Å². The smallest absolute Gasteiger partial charge is 0.427 e. The molecule has 78 heavy (non-hydrogen) atoms. The molecule has 5 aliphatic rings. The van der Waals surface area contributed by atoms with Gasteiger partial charge >= 0.3 is 12.2 Å². The van der Waals surface area contributed by atoms with Crippen molar-refractivity contribution in [2.45, 2.75) is 250 Å². The maximum atomic E-state index is 14.7. The molecule has 0 aromatic rings. The van der Waals surface area contributed by atoms with Gasteiger partial charge in [-0.05, 0) is 124 Å². The van der Waals surface area contributed by atoms with Crippen molar-refractivity contribution < 1.29 is 56.2 Å². The Kier molecular flexibility index (Phi) is 25.3. The summed E-state index contributed by atoms with van der Waals surface area (Å²) in [5.41, 5.74) is 4.30. The highest BCUT2D eigenvalue weighted by atomic mass is 32.2. The van der Waals surface area contributed by atoms with Gasteiger partial charge in [-0.25, -0.2) is 22.7 Å². The number of carbonyl (C=O) groups is 8. The minimum absolute atomic E-state index is 0.00197. The third kappa shape index (κ3) is 20.5. The summed E-state index contributed by atoms with van der Waals surface area (Å²) >= 11 is 0. The van der Waals surface area contributed by atoms with E-state index in [1.54, 1.807) is 41.5 Å². The minimum Gasteiger partial charge on any atom is -0.443 e. The normalized spacial score (nSPS) is 21.3. The number of aliphatic imine (C=N–C) groups is 1. The maximum Gasteiger partial charge on any atom is 0.427 e. The number of guanidine groups is 1. The van der Waals surface area contributed by atoms with E-state index in [1.165, 1.54) is 4.90 Å². The van der Waals surface area contributed by atoms with Crippen LogP contribution in [0.5, 0.6) is 0 Å². The number of nitrogens with two attached hydrogens (primary N) is 1. The van der Waals surface area contributed by atoms with Crippen molar-refractivity contribution in [1.29, 1.82) is 0 Å². The second kappa shape index (κ2) is 30.8. The van der Waals surface area contributed by atoms with E-state index in [0.29, 0.717) is 30.7 Å². The molecule has 0 radical (unpaired) electrons. The van der Waals surface area contributed by atoms with Crippen molar-refractivity contribution in [3.05, 3.63) is 0 Å². The van der Waals surface area contributed by atoms with Crippen molar-refractivity contribution in [3.8, 4) is 0 Å². The van der Waals surface area contributed by atoms with Crippen LogP contribution in [0.1, 0.15) is 221 Å². The number of amides is 7. The summed E-state index contributed by atoms with van der Waals surface area (Å²) in [5.74, 6) is -3.74. The van der Waals surface area contributed by atoms with Gasteiger partial charge in [0, 0.05) is 32.1 Å². The van der Waals surface area contributed by atoms with Crippen LogP contribution in [0, 0.1) is 29.6 Å². The van der Waals surface area contributed by atoms with Gasteiger partial charge < -0.3 is 31.2 Å². The quantitative estimate of drug-likeness (QED) is 0.0173. The van der Waals surface area contributed by atoms with Gasteiger partial charge in [0.1, 0.15) is 17.2 Å². The van der Waals surface area contributed by atoms with Crippen molar-refractivity contribution in [2.75, 3.05) is 26.2 Å². The molecule has 0 aromatic carbocycles. The van der Waals surface area contributed by atoms with Gasteiger partial charge in [0.25, 0.3) is 5.91 Å². The van der Waals surface area contributed by atoms with E-state index in [9.17, 15) is 46.8 Å². The predicted octanol–water partition coefficient (Wildman–Crippen LogP) is 7.84. The molecule has 6 N–H and O–H groups in total. The van der Waals surface area contributed by atoms with Gasteiger partial charge in [-0.1, -0.05) is 109 Å². The van der Waals surface area contributed by atoms with Crippen LogP contribution in [-0.2, 0) is 48.3 Å². The first-order valence-corrected chi connectivity index (χ1v) is 31.3. The number of unbranched alkanes of at least 4 members (excludes halogenated alkanes) is 5. The van der Waals surface area contributed by atoms with Gasteiger partial charge in [-0.3, -0.25) is 38.7 Å². The highest BCUT2D eigenvalue weighted by Crippen LogP contribution is 2.39. The third-order valence-electron chi connectivity index (χ3n) is 16.2. The van der Waals surface area contributed by atoms with E-state index in [0.717, 1.165) is 141 Å². The van der Waals surface area contributed by atoms with Crippen molar-refractivity contribution in [1.82, 2.24) is 30.5 Å². The van der Waals surface area contributed by atoms with E-state index < -0.39 is 74.3 Å². The molecule has 5 fully saturated rings. The Balaban J connectivity index is 1.27. The number of hydrogen-bond donors (Lipinski definition) is 5. The fraction of sp³-hybridized carbons (Fsp3) is 0.842. The number of hydrogen-bond acceptors (Lipinski definition) is 13. The lowest BCUT2D eigenvalue weighted by atomic mass is 9.81. The van der Waals surface area contributed by atoms with Crippen LogP contribution in [-0.4, -0.2) is 126 Å². The molecule has 442 valence electrons. The molecule has 4 saturated carbocycles. The topological polar surface area (TPSA) is 282 Å². The molecule has 0 spiro atoms. The molecular weight excluding hydrogens is 1020 g/mol. The monoisotopic (exact) mass is 1120 g/mol. The van der Waals surface area contributed by atoms with Gasteiger partial charge in [0.05, 0.1) is 23.1 Å². The average Bonchev–Trinajstić information content (AvgIpc) is 4.00. The number of nitrogens with one attached hydrogen (secondary N) is 4. The number of fused-ring (bicyclic) bond motifs is 1. The van der Waals surface area contributed by atoms with Gasteiger partial charge in [-0.15, -0.1) is 4.90 Å². The highest BCUT2D eigenvalue weighted by molar-refractivity contribution is 7.90. The summed E-state index contributed by atoms with van der Waals surface area (Å²) in [5, 5.41) is 7.98. The number of sulfonamides is 1. The van der Waals surface area contributed by atoms with Crippen LogP contribution in [0.25, 0.3) is 0 Å². The Bertz CT molecular complexity index is 2120. The van der Waals surface area contributed by atoms with E-state index in [4.69, 9.17) is 15.2 Å². The molecule has 4 aliphatic carbocycles. The molecule has 1 saturated heterocycles.